The number of nitrogens with one attached hydrogen (secondary N) is 2. The molecule has 2 rings (SSSR count). The topological polar surface area (TPSA) is 48.9 Å². The Bertz CT molecular complexity index is 342. The molecule has 1 saturated carbocycles. The quantitative estimate of drug-likeness (QED) is 0.387. The fourth-order valence-corrected chi connectivity index (χ4v) is 2.92. The molecule has 0 bridgehead atoms. The Morgan fingerprint density at radius 3 is 2.73 bits per heavy atom. The molecular weight excluding hydrogens is 276 g/mol. The molecule has 0 radical (unpaired) electrons. The monoisotopic (exact) mass is 310 g/mol. The predicted molar refractivity (Wildman–Crippen MR) is 92.3 cm³/mol. The van der Waals surface area contributed by atoms with E-state index in [4.69, 9.17) is 4.74 Å². The lowest BCUT2D eigenvalue weighted by atomic mass is 10.1. The maximum atomic E-state index is 5.61. The number of guanidine groups is 1. The van der Waals surface area contributed by atoms with Crippen molar-refractivity contribution in [3.63, 3.8) is 0 Å². The van der Waals surface area contributed by atoms with Crippen molar-refractivity contribution in [3.05, 3.63) is 0 Å². The zero-order valence-electron chi connectivity index (χ0n) is 14.6. The van der Waals surface area contributed by atoms with Gasteiger partial charge in [-0.25, -0.2) is 0 Å². The van der Waals surface area contributed by atoms with Crippen molar-refractivity contribution in [2.45, 2.75) is 45.6 Å². The predicted octanol–water partition coefficient (Wildman–Crippen LogP) is 1.70. The number of ether oxygens (including phenoxy) is 1. The van der Waals surface area contributed by atoms with Gasteiger partial charge in [0.2, 0.25) is 0 Å². The first-order valence-electron chi connectivity index (χ1n) is 8.95. The van der Waals surface area contributed by atoms with Crippen molar-refractivity contribution in [1.82, 2.24) is 15.5 Å². The Labute approximate surface area is 135 Å². The summed E-state index contributed by atoms with van der Waals surface area (Å²) in [6.07, 6.45) is 5.28. The van der Waals surface area contributed by atoms with Crippen molar-refractivity contribution < 1.29 is 4.74 Å². The van der Waals surface area contributed by atoms with Gasteiger partial charge >= 0.3 is 0 Å². The van der Waals surface area contributed by atoms with E-state index in [9.17, 15) is 0 Å². The number of rotatable bonds is 9. The van der Waals surface area contributed by atoms with Crippen LogP contribution in [0.15, 0.2) is 4.99 Å². The van der Waals surface area contributed by atoms with Crippen LogP contribution in [0.2, 0.25) is 0 Å². The van der Waals surface area contributed by atoms with Crippen LogP contribution in [0, 0.1) is 11.8 Å². The van der Waals surface area contributed by atoms with E-state index in [1.807, 2.05) is 7.05 Å². The van der Waals surface area contributed by atoms with E-state index in [-0.39, 0.29) is 0 Å². The summed E-state index contributed by atoms with van der Waals surface area (Å²) in [4.78, 5) is 6.94. The van der Waals surface area contributed by atoms with E-state index >= 15 is 0 Å². The summed E-state index contributed by atoms with van der Waals surface area (Å²) in [5.74, 6) is 2.38. The maximum Gasteiger partial charge on any atom is 0.191 e. The lowest BCUT2D eigenvalue weighted by molar-refractivity contribution is 0.128. The van der Waals surface area contributed by atoms with Crippen LogP contribution in [0.25, 0.3) is 0 Å². The SMILES string of the molecule is CN=C(NCCOCCC(C)C)NCC1CCN(C2CC2)C1. The Morgan fingerprint density at radius 1 is 1.23 bits per heavy atom. The molecular formula is C17H34N4O. The Morgan fingerprint density at radius 2 is 2.05 bits per heavy atom. The summed E-state index contributed by atoms with van der Waals surface area (Å²) in [5, 5.41) is 6.79. The number of hydrogen-bond acceptors (Lipinski definition) is 3. The molecule has 128 valence electrons. The lowest BCUT2D eigenvalue weighted by Crippen LogP contribution is -2.41. The highest BCUT2D eigenvalue weighted by Gasteiger charge is 2.34. The molecule has 1 heterocycles. The highest BCUT2D eigenvalue weighted by atomic mass is 16.5. The van der Waals surface area contributed by atoms with Crippen LogP contribution < -0.4 is 10.6 Å². The van der Waals surface area contributed by atoms with Crippen LogP contribution in [-0.4, -0.2) is 63.3 Å². The van der Waals surface area contributed by atoms with Crippen LogP contribution in [0.4, 0.5) is 0 Å². The van der Waals surface area contributed by atoms with Gasteiger partial charge in [0.1, 0.15) is 0 Å². The van der Waals surface area contributed by atoms with Gasteiger partial charge in [-0.05, 0) is 44.1 Å². The Hall–Kier alpha value is -0.810. The van der Waals surface area contributed by atoms with Crippen molar-refractivity contribution in [2.75, 3.05) is 46.4 Å². The highest BCUT2D eigenvalue weighted by molar-refractivity contribution is 5.79. The number of likely N-dealkylation sites (tertiary alicyclic amines) is 1. The third kappa shape index (κ3) is 6.53. The van der Waals surface area contributed by atoms with Crippen LogP contribution in [-0.2, 0) is 4.74 Å². The maximum absolute atomic E-state index is 5.61. The van der Waals surface area contributed by atoms with Crippen LogP contribution in [0.5, 0.6) is 0 Å². The Kier molecular flexibility index (Phi) is 7.46. The van der Waals surface area contributed by atoms with E-state index in [1.54, 1.807) is 0 Å². The minimum atomic E-state index is 0.712. The van der Waals surface area contributed by atoms with E-state index in [0.717, 1.165) is 50.6 Å². The van der Waals surface area contributed by atoms with Crippen LogP contribution in [0.3, 0.4) is 0 Å². The fourth-order valence-electron chi connectivity index (χ4n) is 2.92. The van der Waals surface area contributed by atoms with E-state index < -0.39 is 0 Å². The first kappa shape index (κ1) is 17.5. The second kappa shape index (κ2) is 9.36. The van der Waals surface area contributed by atoms with Gasteiger partial charge < -0.3 is 20.3 Å². The first-order chi connectivity index (χ1) is 10.7. The van der Waals surface area contributed by atoms with E-state index in [0.29, 0.717) is 5.92 Å². The molecule has 0 amide bonds. The smallest absolute Gasteiger partial charge is 0.191 e. The summed E-state index contributed by atoms with van der Waals surface area (Å²) >= 11 is 0. The Balaban J connectivity index is 1.50. The standard InChI is InChI=1S/C17H34N4O/c1-14(2)7-10-22-11-8-19-17(18-3)20-12-15-6-9-21(13-15)16-4-5-16/h14-16H,4-13H2,1-3H3,(H2,18,19,20). The van der Waals surface area contributed by atoms with Crippen LogP contribution >= 0.6 is 0 Å². The van der Waals surface area contributed by atoms with Gasteiger partial charge in [0, 0.05) is 39.3 Å². The van der Waals surface area contributed by atoms with Crippen molar-refractivity contribution >= 4 is 5.96 Å². The number of hydrogen-bond donors (Lipinski definition) is 2. The fraction of sp³-hybridized carbons (Fsp3) is 0.941. The minimum absolute atomic E-state index is 0.712. The normalized spacial score (nSPS) is 23.3. The second-order valence-electron chi connectivity index (χ2n) is 7.06. The van der Waals surface area contributed by atoms with E-state index in [1.165, 1.54) is 32.4 Å². The molecule has 0 aromatic carbocycles. The summed E-state index contributed by atoms with van der Waals surface area (Å²) in [6, 6.07) is 0.908. The van der Waals surface area contributed by atoms with Gasteiger partial charge in [0.05, 0.1) is 6.61 Å². The second-order valence-corrected chi connectivity index (χ2v) is 7.06. The molecule has 1 unspecified atom stereocenters. The van der Waals surface area contributed by atoms with Gasteiger partial charge in [-0.15, -0.1) is 0 Å². The highest BCUT2D eigenvalue weighted by Crippen LogP contribution is 2.31. The van der Waals surface area contributed by atoms with Crippen molar-refractivity contribution in [3.8, 4) is 0 Å². The number of nitrogens with zero attached hydrogens (tertiary/aromatic N) is 2. The van der Waals surface area contributed by atoms with Crippen LogP contribution in [0.1, 0.15) is 39.5 Å². The average Bonchev–Trinajstić information content (AvgIpc) is 3.24. The minimum Gasteiger partial charge on any atom is -0.380 e. The molecule has 0 spiro atoms. The molecule has 1 aliphatic heterocycles. The molecule has 1 aliphatic carbocycles. The largest absolute Gasteiger partial charge is 0.380 e. The summed E-state index contributed by atoms with van der Waals surface area (Å²) in [5.41, 5.74) is 0. The summed E-state index contributed by atoms with van der Waals surface area (Å²) < 4.78 is 5.61. The molecule has 22 heavy (non-hydrogen) atoms. The van der Waals surface area contributed by atoms with Gasteiger partial charge in [-0.3, -0.25) is 4.99 Å². The molecule has 1 saturated heterocycles. The molecule has 2 fully saturated rings. The van der Waals surface area contributed by atoms with Crippen molar-refractivity contribution in [1.29, 1.82) is 0 Å². The molecule has 1 atom stereocenters. The van der Waals surface area contributed by atoms with Gasteiger partial charge in [-0.1, -0.05) is 13.8 Å². The zero-order chi connectivity index (χ0) is 15.8. The molecule has 2 aliphatic rings. The van der Waals surface area contributed by atoms with Gasteiger partial charge in [0.15, 0.2) is 5.96 Å². The van der Waals surface area contributed by atoms with Gasteiger partial charge in [-0.2, -0.15) is 0 Å². The van der Waals surface area contributed by atoms with Gasteiger partial charge in [0.25, 0.3) is 0 Å². The summed E-state index contributed by atoms with van der Waals surface area (Å²) in [7, 11) is 1.83. The molecule has 2 N–H and O–H groups in total. The van der Waals surface area contributed by atoms with E-state index in [2.05, 4.69) is 34.4 Å². The third-order valence-electron chi connectivity index (χ3n) is 4.54. The summed E-state index contributed by atoms with van der Waals surface area (Å²) in [6.45, 7) is 10.4. The zero-order valence-corrected chi connectivity index (χ0v) is 14.6. The first-order valence-corrected chi connectivity index (χ1v) is 8.95. The third-order valence-corrected chi connectivity index (χ3v) is 4.54. The molecule has 0 aromatic rings. The molecule has 5 heteroatoms. The number of aliphatic imine (C=N–C) groups is 1. The molecule has 0 aromatic heterocycles. The van der Waals surface area contributed by atoms with Crippen molar-refractivity contribution in [2.24, 2.45) is 16.8 Å². The average molecular weight is 310 g/mol. The molecule has 5 nitrogen and oxygen atoms in total. The lowest BCUT2D eigenvalue weighted by Gasteiger charge is -2.17.